The first-order chi connectivity index (χ1) is 8.66. The van der Waals surface area contributed by atoms with Gasteiger partial charge in [0.1, 0.15) is 0 Å². The van der Waals surface area contributed by atoms with Crippen LogP contribution >= 0.6 is 12.6 Å². The van der Waals surface area contributed by atoms with Gasteiger partial charge in [-0.3, -0.25) is 4.79 Å². The second-order valence-corrected chi connectivity index (χ2v) is 4.37. The molecule has 0 atom stereocenters. The summed E-state index contributed by atoms with van der Waals surface area (Å²) in [5.74, 6) is 0.460. The van der Waals surface area contributed by atoms with Gasteiger partial charge in [-0.25, -0.2) is 0 Å². The number of benzene rings is 1. The molecule has 0 aliphatic heterocycles. The third-order valence-corrected chi connectivity index (χ3v) is 2.79. The van der Waals surface area contributed by atoms with Crippen molar-refractivity contribution in [3.05, 3.63) is 41.5 Å². The number of hydrogen-bond acceptors (Lipinski definition) is 5. The maximum atomic E-state index is 11.9. The molecule has 2 rings (SSSR count). The molecule has 1 heterocycles. The third kappa shape index (κ3) is 3.10. The SMILES string of the molecule is Cc1ccc(S)cc1C(=O)NCCc1ncon1. The van der Waals surface area contributed by atoms with E-state index in [9.17, 15) is 4.79 Å². The Labute approximate surface area is 110 Å². The second-order valence-electron chi connectivity index (χ2n) is 3.85. The molecule has 1 aromatic heterocycles. The summed E-state index contributed by atoms with van der Waals surface area (Å²) in [6.45, 7) is 2.36. The zero-order chi connectivity index (χ0) is 13.0. The summed E-state index contributed by atoms with van der Waals surface area (Å²) in [5, 5.41) is 6.48. The van der Waals surface area contributed by atoms with Gasteiger partial charge in [0.2, 0.25) is 6.39 Å². The second kappa shape index (κ2) is 5.68. The molecule has 0 radical (unpaired) electrons. The summed E-state index contributed by atoms with van der Waals surface area (Å²) in [7, 11) is 0. The van der Waals surface area contributed by atoms with Crippen molar-refractivity contribution in [2.24, 2.45) is 0 Å². The number of thiol groups is 1. The summed E-state index contributed by atoms with van der Waals surface area (Å²) in [6, 6.07) is 5.48. The Morgan fingerprint density at radius 2 is 2.33 bits per heavy atom. The molecule has 1 amide bonds. The lowest BCUT2D eigenvalue weighted by Gasteiger charge is -2.07. The normalized spacial score (nSPS) is 10.3. The van der Waals surface area contributed by atoms with Gasteiger partial charge in [0, 0.05) is 23.4 Å². The molecule has 18 heavy (non-hydrogen) atoms. The molecule has 94 valence electrons. The first-order valence-electron chi connectivity index (χ1n) is 5.50. The van der Waals surface area contributed by atoms with Crippen LogP contribution in [0.25, 0.3) is 0 Å². The Morgan fingerprint density at radius 3 is 3.06 bits per heavy atom. The minimum absolute atomic E-state index is 0.119. The van der Waals surface area contributed by atoms with E-state index in [1.807, 2.05) is 19.1 Å². The molecule has 0 saturated heterocycles. The maximum Gasteiger partial charge on any atom is 0.251 e. The highest BCUT2D eigenvalue weighted by Crippen LogP contribution is 2.13. The van der Waals surface area contributed by atoms with Crippen LogP contribution in [0.15, 0.2) is 34.0 Å². The lowest BCUT2D eigenvalue weighted by Crippen LogP contribution is -2.26. The van der Waals surface area contributed by atoms with Gasteiger partial charge in [0.05, 0.1) is 0 Å². The Hall–Kier alpha value is -1.82. The first-order valence-corrected chi connectivity index (χ1v) is 5.94. The molecule has 2 aromatic rings. The van der Waals surface area contributed by atoms with Crippen molar-refractivity contribution in [1.29, 1.82) is 0 Å². The van der Waals surface area contributed by atoms with Crippen molar-refractivity contribution in [2.75, 3.05) is 6.54 Å². The quantitative estimate of drug-likeness (QED) is 0.823. The maximum absolute atomic E-state index is 11.9. The van der Waals surface area contributed by atoms with E-state index in [4.69, 9.17) is 0 Å². The standard InChI is InChI=1S/C12H13N3O2S/c1-8-2-3-9(18)6-10(8)12(16)13-5-4-11-14-7-17-15-11/h2-3,6-7,18H,4-5H2,1H3,(H,13,16). The number of hydrogen-bond donors (Lipinski definition) is 2. The monoisotopic (exact) mass is 263 g/mol. The summed E-state index contributed by atoms with van der Waals surface area (Å²) in [5.41, 5.74) is 1.56. The zero-order valence-electron chi connectivity index (χ0n) is 9.88. The molecule has 0 fully saturated rings. The highest BCUT2D eigenvalue weighted by Gasteiger charge is 2.09. The van der Waals surface area contributed by atoms with Crippen molar-refractivity contribution in [3.8, 4) is 0 Å². The van der Waals surface area contributed by atoms with Crippen molar-refractivity contribution in [3.63, 3.8) is 0 Å². The molecule has 0 spiro atoms. The van der Waals surface area contributed by atoms with E-state index in [1.165, 1.54) is 6.39 Å². The summed E-state index contributed by atoms with van der Waals surface area (Å²) < 4.78 is 4.61. The number of nitrogens with zero attached hydrogens (tertiary/aromatic N) is 2. The molecule has 0 saturated carbocycles. The number of amides is 1. The van der Waals surface area contributed by atoms with Crippen LogP contribution < -0.4 is 5.32 Å². The molecular weight excluding hydrogens is 250 g/mol. The topological polar surface area (TPSA) is 68.0 Å². The van der Waals surface area contributed by atoms with Crippen LogP contribution in [0, 0.1) is 6.92 Å². The van der Waals surface area contributed by atoms with Gasteiger partial charge in [-0.05, 0) is 24.6 Å². The van der Waals surface area contributed by atoms with Crippen molar-refractivity contribution in [2.45, 2.75) is 18.2 Å². The van der Waals surface area contributed by atoms with Gasteiger partial charge in [-0.1, -0.05) is 11.2 Å². The van der Waals surface area contributed by atoms with Crippen LogP contribution in [0.2, 0.25) is 0 Å². The van der Waals surface area contributed by atoms with E-state index >= 15 is 0 Å². The zero-order valence-corrected chi connectivity index (χ0v) is 10.8. The van der Waals surface area contributed by atoms with E-state index in [-0.39, 0.29) is 5.91 Å². The van der Waals surface area contributed by atoms with E-state index in [0.29, 0.717) is 24.4 Å². The number of aromatic nitrogens is 2. The molecule has 0 aliphatic rings. The van der Waals surface area contributed by atoms with Gasteiger partial charge >= 0.3 is 0 Å². The molecular formula is C12H13N3O2S. The van der Waals surface area contributed by atoms with Crippen LogP contribution in [-0.2, 0) is 6.42 Å². The van der Waals surface area contributed by atoms with Gasteiger partial charge in [0.25, 0.3) is 5.91 Å². The van der Waals surface area contributed by atoms with Crippen molar-refractivity contribution >= 4 is 18.5 Å². The Kier molecular flexibility index (Phi) is 3.99. The van der Waals surface area contributed by atoms with Crippen LogP contribution in [-0.4, -0.2) is 22.6 Å². The van der Waals surface area contributed by atoms with E-state index in [1.54, 1.807) is 6.07 Å². The molecule has 1 N–H and O–H groups in total. The van der Waals surface area contributed by atoms with Crippen LogP contribution in [0.4, 0.5) is 0 Å². The fourth-order valence-electron chi connectivity index (χ4n) is 1.54. The van der Waals surface area contributed by atoms with Crippen molar-refractivity contribution < 1.29 is 9.32 Å². The Bertz CT molecular complexity index is 540. The average Bonchev–Trinajstić information content (AvgIpc) is 2.85. The Balaban J connectivity index is 1.93. The van der Waals surface area contributed by atoms with E-state index in [2.05, 4.69) is 32.6 Å². The number of carbonyl (C=O) groups is 1. The highest BCUT2D eigenvalue weighted by molar-refractivity contribution is 7.80. The minimum Gasteiger partial charge on any atom is -0.352 e. The highest BCUT2D eigenvalue weighted by atomic mass is 32.1. The van der Waals surface area contributed by atoms with Crippen LogP contribution in [0.3, 0.4) is 0 Å². The fourth-order valence-corrected chi connectivity index (χ4v) is 1.74. The molecule has 0 aliphatic carbocycles. The number of nitrogens with one attached hydrogen (secondary N) is 1. The lowest BCUT2D eigenvalue weighted by atomic mass is 10.1. The third-order valence-electron chi connectivity index (χ3n) is 2.51. The molecule has 0 unspecified atom stereocenters. The molecule has 6 heteroatoms. The van der Waals surface area contributed by atoms with Crippen LogP contribution in [0.1, 0.15) is 21.7 Å². The smallest absolute Gasteiger partial charge is 0.251 e. The predicted octanol–water partition coefficient (Wildman–Crippen LogP) is 1.64. The van der Waals surface area contributed by atoms with E-state index in [0.717, 1.165) is 10.5 Å². The summed E-state index contributed by atoms with van der Waals surface area (Å²) >= 11 is 4.22. The average molecular weight is 263 g/mol. The molecule has 5 nitrogen and oxygen atoms in total. The number of aryl methyl sites for hydroxylation is 1. The largest absolute Gasteiger partial charge is 0.352 e. The van der Waals surface area contributed by atoms with Crippen LogP contribution in [0.5, 0.6) is 0 Å². The first kappa shape index (κ1) is 12.6. The summed E-state index contributed by atoms with van der Waals surface area (Å²) in [6.07, 6.45) is 1.81. The van der Waals surface area contributed by atoms with Gasteiger partial charge in [-0.15, -0.1) is 12.6 Å². The predicted molar refractivity (Wildman–Crippen MR) is 68.8 cm³/mol. The minimum atomic E-state index is -0.119. The van der Waals surface area contributed by atoms with Gasteiger partial charge in [0.15, 0.2) is 5.82 Å². The number of rotatable bonds is 4. The van der Waals surface area contributed by atoms with Crippen molar-refractivity contribution in [1.82, 2.24) is 15.5 Å². The molecule has 0 bridgehead atoms. The molecule has 1 aromatic carbocycles. The Morgan fingerprint density at radius 1 is 1.50 bits per heavy atom. The van der Waals surface area contributed by atoms with E-state index < -0.39 is 0 Å². The summed E-state index contributed by atoms with van der Waals surface area (Å²) in [4.78, 5) is 16.6. The van der Waals surface area contributed by atoms with Gasteiger partial charge < -0.3 is 9.84 Å². The lowest BCUT2D eigenvalue weighted by molar-refractivity contribution is 0.0953. The number of carbonyl (C=O) groups excluding carboxylic acids is 1. The fraction of sp³-hybridized carbons (Fsp3) is 0.250. The van der Waals surface area contributed by atoms with Gasteiger partial charge in [-0.2, -0.15) is 4.98 Å².